The minimum absolute atomic E-state index is 0.152. The predicted molar refractivity (Wildman–Crippen MR) is 88.2 cm³/mol. The number of benzene rings is 1. The lowest BCUT2D eigenvalue weighted by Gasteiger charge is -2.16. The van der Waals surface area contributed by atoms with Gasteiger partial charge in [0.1, 0.15) is 11.9 Å². The fourth-order valence-electron chi connectivity index (χ4n) is 2.71. The molecule has 0 aliphatic rings. The van der Waals surface area contributed by atoms with Crippen molar-refractivity contribution in [2.75, 3.05) is 0 Å². The van der Waals surface area contributed by atoms with E-state index in [9.17, 15) is 9.90 Å². The van der Waals surface area contributed by atoms with Crippen LogP contribution in [0.15, 0.2) is 47.2 Å². The maximum absolute atomic E-state index is 12.5. The number of aliphatic hydroxyl groups excluding tert-OH is 1. The number of rotatable bonds is 5. The summed E-state index contributed by atoms with van der Waals surface area (Å²) in [4.78, 5) is 15.6. The van der Waals surface area contributed by atoms with Crippen LogP contribution in [0.25, 0.3) is 10.9 Å². The Morgan fingerprint density at radius 3 is 2.96 bits per heavy atom. The van der Waals surface area contributed by atoms with Crippen molar-refractivity contribution < 1.29 is 14.3 Å². The van der Waals surface area contributed by atoms with E-state index in [2.05, 4.69) is 10.3 Å². The molecular weight excluding hydrogens is 292 g/mol. The lowest BCUT2D eigenvalue weighted by Crippen LogP contribution is -2.33. The van der Waals surface area contributed by atoms with Gasteiger partial charge in [-0.3, -0.25) is 4.79 Å². The van der Waals surface area contributed by atoms with Crippen LogP contribution in [0, 0.1) is 6.92 Å². The van der Waals surface area contributed by atoms with Gasteiger partial charge in [0.15, 0.2) is 0 Å². The first-order valence-electron chi connectivity index (χ1n) is 7.64. The van der Waals surface area contributed by atoms with Crippen LogP contribution < -0.4 is 5.32 Å². The molecule has 0 radical (unpaired) electrons. The monoisotopic (exact) mass is 312 g/mol. The number of H-pyrrole nitrogens is 1. The van der Waals surface area contributed by atoms with Crippen molar-refractivity contribution in [2.45, 2.75) is 32.4 Å². The third kappa shape index (κ3) is 3.29. The first kappa shape index (κ1) is 15.4. The van der Waals surface area contributed by atoms with E-state index in [1.807, 2.05) is 32.0 Å². The van der Waals surface area contributed by atoms with Gasteiger partial charge in [-0.2, -0.15) is 0 Å². The van der Waals surface area contributed by atoms with Crippen molar-refractivity contribution in [3.05, 3.63) is 59.7 Å². The standard InChI is InChI=1S/C18H20N2O3/c1-11-5-6-15-13(8-11)14(10-19-15)18(22)20-12(2)9-16(21)17-4-3-7-23-17/h3-8,10,12,16,19,21H,9H2,1-2H3,(H,20,22)/t12-,16-/m0/s1. The van der Waals surface area contributed by atoms with Crippen LogP contribution in [-0.2, 0) is 0 Å². The Balaban J connectivity index is 1.69. The largest absolute Gasteiger partial charge is 0.467 e. The number of hydrogen-bond acceptors (Lipinski definition) is 3. The lowest BCUT2D eigenvalue weighted by atomic mass is 10.1. The molecular formula is C18H20N2O3. The average molecular weight is 312 g/mol. The number of aliphatic hydroxyl groups is 1. The summed E-state index contributed by atoms with van der Waals surface area (Å²) < 4.78 is 5.18. The molecule has 3 N–H and O–H groups in total. The zero-order chi connectivity index (χ0) is 16.4. The second kappa shape index (κ2) is 6.30. The van der Waals surface area contributed by atoms with Gasteiger partial charge >= 0.3 is 0 Å². The number of furan rings is 1. The number of carbonyl (C=O) groups excluding carboxylic acids is 1. The molecule has 0 saturated heterocycles. The highest BCUT2D eigenvalue weighted by molar-refractivity contribution is 6.06. The van der Waals surface area contributed by atoms with Gasteiger partial charge in [0.2, 0.25) is 0 Å². The van der Waals surface area contributed by atoms with E-state index >= 15 is 0 Å². The molecule has 2 aromatic heterocycles. The summed E-state index contributed by atoms with van der Waals surface area (Å²) in [5.74, 6) is 0.356. The Morgan fingerprint density at radius 1 is 1.39 bits per heavy atom. The van der Waals surface area contributed by atoms with Crippen LogP contribution in [0.5, 0.6) is 0 Å². The van der Waals surface area contributed by atoms with E-state index in [-0.39, 0.29) is 11.9 Å². The molecule has 1 amide bonds. The molecule has 120 valence electrons. The number of hydrogen-bond donors (Lipinski definition) is 3. The predicted octanol–water partition coefficient (Wildman–Crippen LogP) is 3.31. The number of nitrogens with one attached hydrogen (secondary N) is 2. The summed E-state index contributed by atoms with van der Waals surface area (Å²) in [6, 6.07) is 9.23. The van der Waals surface area contributed by atoms with E-state index in [1.54, 1.807) is 18.3 Å². The van der Waals surface area contributed by atoms with Gasteiger partial charge in [-0.1, -0.05) is 11.6 Å². The smallest absolute Gasteiger partial charge is 0.253 e. The molecule has 0 fully saturated rings. The quantitative estimate of drug-likeness (QED) is 0.676. The van der Waals surface area contributed by atoms with Crippen molar-refractivity contribution in [1.29, 1.82) is 0 Å². The summed E-state index contributed by atoms with van der Waals surface area (Å²) in [5.41, 5.74) is 2.65. The van der Waals surface area contributed by atoms with Gasteiger partial charge in [-0.25, -0.2) is 0 Å². The maximum Gasteiger partial charge on any atom is 0.253 e. The van der Waals surface area contributed by atoms with Crippen molar-refractivity contribution in [1.82, 2.24) is 10.3 Å². The second-order valence-electron chi connectivity index (χ2n) is 5.89. The molecule has 0 aliphatic heterocycles. The summed E-state index contributed by atoms with van der Waals surface area (Å²) in [5, 5.41) is 13.9. The fourth-order valence-corrected chi connectivity index (χ4v) is 2.71. The number of aryl methyl sites for hydroxylation is 1. The van der Waals surface area contributed by atoms with Gasteiger partial charge in [0, 0.05) is 29.6 Å². The highest BCUT2D eigenvalue weighted by Gasteiger charge is 2.18. The number of fused-ring (bicyclic) bond motifs is 1. The minimum Gasteiger partial charge on any atom is -0.467 e. The second-order valence-corrected chi connectivity index (χ2v) is 5.89. The lowest BCUT2D eigenvalue weighted by molar-refractivity contribution is 0.0904. The Labute approximate surface area is 134 Å². The Bertz CT molecular complexity index is 805. The van der Waals surface area contributed by atoms with Crippen molar-refractivity contribution in [3.8, 4) is 0 Å². The highest BCUT2D eigenvalue weighted by atomic mass is 16.4. The van der Waals surface area contributed by atoms with Crippen LogP contribution >= 0.6 is 0 Å². The molecule has 2 heterocycles. The van der Waals surface area contributed by atoms with E-state index in [4.69, 9.17) is 4.42 Å². The first-order chi connectivity index (χ1) is 11.0. The van der Waals surface area contributed by atoms with Gasteiger partial charge in [-0.15, -0.1) is 0 Å². The van der Waals surface area contributed by atoms with Gasteiger partial charge in [0.05, 0.1) is 11.8 Å². The molecule has 5 heteroatoms. The molecule has 5 nitrogen and oxygen atoms in total. The topological polar surface area (TPSA) is 78.3 Å². The minimum atomic E-state index is -0.731. The van der Waals surface area contributed by atoms with Crippen LogP contribution in [0.2, 0.25) is 0 Å². The third-order valence-corrected chi connectivity index (χ3v) is 3.91. The van der Waals surface area contributed by atoms with Gasteiger partial charge in [-0.05, 0) is 38.1 Å². The summed E-state index contributed by atoms with van der Waals surface area (Å²) in [7, 11) is 0. The molecule has 0 saturated carbocycles. The van der Waals surface area contributed by atoms with E-state index < -0.39 is 6.10 Å². The van der Waals surface area contributed by atoms with Crippen LogP contribution in [-0.4, -0.2) is 22.0 Å². The molecule has 23 heavy (non-hydrogen) atoms. The van der Waals surface area contributed by atoms with Gasteiger partial charge < -0.3 is 19.8 Å². The van der Waals surface area contributed by atoms with Crippen LogP contribution in [0.4, 0.5) is 0 Å². The third-order valence-electron chi connectivity index (χ3n) is 3.91. The molecule has 3 aromatic rings. The molecule has 2 atom stereocenters. The van der Waals surface area contributed by atoms with E-state index in [1.165, 1.54) is 6.26 Å². The fraction of sp³-hybridized carbons (Fsp3) is 0.278. The molecule has 3 rings (SSSR count). The van der Waals surface area contributed by atoms with Crippen LogP contribution in [0.1, 0.15) is 41.1 Å². The summed E-state index contributed by atoms with van der Waals surface area (Å²) >= 11 is 0. The number of aromatic amines is 1. The average Bonchev–Trinajstić information content (AvgIpc) is 3.16. The van der Waals surface area contributed by atoms with Crippen molar-refractivity contribution >= 4 is 16.8 Å². The molecule has 0 unspecified atom stereocenters. The van der Waals surface area contributed by atoms with E-state index in [0.717, 1.165) is 16.5 Å². The zero-order valence-electron chi connectivity index (χ0n) is 13.2. The number of carbonyl (C=O) groups is 1. The first-order valence-corrected chi connectivity index (χ1v) is 7.64. The van der Waals surface area contributed by atoms with Gasteiger partial charge in [0.25, 0.3) is 5.91 Å². The van der Waals surface area contributed by atoms with Crippen molar-refractivity contribution in [2.24, 2.45) is 0 Å². The molecule has 0 spiro atoms. The van der Waals surface area contributed by atoms with E-state index in [0.29, 0.717) is 17.7 Å². The highest BCUT2D eigenvalue weighted by Crippen LogP contribution is 2.21. The number of amides is 1. The SMILES string of the molecule is Cc1ccc2[nH]cc(C(=O)N[C@@H](C)C[C@H](O)c3ccco3)c2c1. The normalized spacial score (nSPS) is 13.9. The Kier molecular flexibility index (Phi) is 4.21. The summed E-state index contributed by atoms with van der Waals surface area (Å²) in [6.07, 6.45) is 2.90. The maximum atomic E-state index is 12.5. The zero-order valence-corrected chi connectivity index (χ0v) is 13.2. The Morgan fingerprint density at radius 2 is 2.22 bits per heavy atom. The Hall–Kier alpha value is -2.53. The van der Waals surface area contributed by atoms with Crippen LogP contribution in [0.3, 0.4) is 0 Å². The molecule has 1 aromatic carbocycles. The molecule has 0 aliphatic carbocycles. The summed E-state index contributed by atoms with van der Waals surface area (Å²) in [6.45, 7) is 3.86. The van der Waals surface area contributed by atoms with Crippen molar-refractivity contribution in [3.63, 3.8) is 0 Å². The molecule has 0 bridgehead atoms. The number of aromatic nitrogens is 1.